The van der Waals surface area contributed by atoms with E-state index in [0.717, 1.165) is 31.8 Å². The number of hydrogen-bond donors (Lipinski definition) is 4. The second kappa shape index (κ2) is 8.60. The molecule has 1 heterocycles. The van der Waals surface area contributed by atoms with Crippen molar-refractivity contribution in [3.8, 4) is 0 Å². The van der Waals surface area contributed by atoms with Gasteiger partial charge >= 0.3 is 5.97 Å². The first-order chi connectivity index (χ1) is 11.5. The molecular formula is C16H24N4O4. The molecule has 1 aliphatic rings. The number of nitrogens with one attached hydrogen (secondary N) is 1. The molecule has 1 saturated carbocycles. The molecule has 0 bridgehead atoms. The molecule has 0 aliphatic heterocycles. The molecule has 0 amide bonds. The molecule has 0 aromatic carbocycles. The van der Waals surface area contributed by atoms with Gasteiger partial charge in [0.2, 0.25) is 5.95 Å². The first kappa shape index (κ1) is 18.2. The summed E-state index contributed by atoms with van der Waals surface area (Å²) < 4.78 is 5.56. The summed E-state index contributed by atoms with van der Waals surface area (Å²) in [5.74, 6) is -0.321. The first-order valence-corrected chi connectivity index (χ1v) is 8.03. The van der Waals surface area contributed by atoms with Crippen molar-refractivity contribution in [2.24, 2.45) is 0 Å². The Bertz CT molecular complexity index is 598. The fraction of sp³-hybridized carbons (Fsp3) is 0.562. The van der Waals surface area contributed by atoms with E-state index in [4.69, 9.17) is 20.7 Å². The van der Waals surface area contributed by atoms with E-state index in [1.807, 2.05) is 0 Å². The summed E-state index contributed by atoms with van der Waals surface area (Å²) in [5.41, 5.74) is 6.98. The van der Waals surface area contributed by atoms with Gasteiger partial charge in [-0.25, -0.2) is 9.78 Å². The second-order valence-electron chi connectivity index (χ2n) is 5.81. The molecule has 8 nitrogen and oxygen atoms in total. The highest BCUT2D eigenvalue weighted by Crippen LogP contribution is 2.26. The first-order valence-electron chi connectivity index (χ1n) is 8.03. The predicted molar refractivity (Wildman–Crippen MR) is 90.6 cm³/mol. The van der Waals surface area contributed by atoms with Crippen molar-refractivity contribution >= 4 is 23.8 Å². The molecule has 8 heteroatoms. The number of aliphatic hydroxyl groups excluding tert-OH is 1. The standard InChI is InChI=1S/C16H24N4O4/c1-10-13(6-7-14(22)23)15(20-16(17)18-10)19-11-2-4-12(5-3-11)24-9-8-21/h6-7,11-12,21H,2-5,8-9H2,1H3,(H,22,23)(H3,17,18,19,20)/t11-,12-. The minimum absolute atomic E-state index is 0.0386. The van der Waals surface area contributed by atoms with E-state index < -0.39 is 5.97 Å². The van der Waals surface area contributed by atoms with Crippen LogP contribution in [0.1, 0.15) is 36.9 Å². The lowest BCUT2D eigenvalue weighted by molar-refractivity contribution is -0.131. The highest BCUT2D eigenvalue weighted by atomic mass is 16.5. The van der Waals surface area contributed by atoms with Gasteiger partial charge in [-0.2, -0.15) is 4.98 Å². The molecule has 1 aromatic heterocycles. The Kier molecular flexibility index (Phi) is 6.51. The summed E-state index contributed by atoms with van der Waals surface area (Å²) in [7, 11) is 0. The third-order valence-corrected chi connectivity index (χ3v) is 4.01. The van der Waals surface area contributed by atoms with Gasteiger partial charge in [0.15, 0.2) is 0 Å². The van der Waals surface area contributed by atoms with Crippen molar-refractivity contribution in [2.75, 3.05) is 24.3 Å². The topological polar surface area (TPSA) is 131 Å². The fourth-order valence-corrected chi connectivity index (χ4v) is 2.85. The third-order valence-electron chi connectivity index (χ3n) is 4.01. The molecule has 0 radical (unpaired) electrons. The van der Waals surface area contributed by atoms with E-state index >= 15 is 0 Å². The molecule has 24 heavy (non-hydrogen) atoms. The number of carbonyl (C=O) groups is 1. The van der Waals surface area contributed by atoms with Crippen LogP contribution in [-0.4, -0.2) is 51.5 Å². The summed E-state index contributed by atoms with van der Waals surface area (Å²) in [6.45, 7) is 2.18. The number of aliphatic carboxylic acids is 1. The zero-order valence-corrected chi connectivity index (χ0v) is 13.7. The van der Waals surface area contributed by atoms with Gasteiger partial charge in [0.25, 0.3) is 0 Å². The Balaban J connectivity index is 2.05. The molecule has 0 unspecified atom stereocenters. The molecule has 1 fully saturated rings. The minimum atomic E-state index is -1.03. The van der Waals surface area contributed by atoms with Crippen molar-refractivity contribution in [3.05, 3.63) is 17.3 Å². The van der Waals surface area contributed by atoms with Crippen molar-refractivity contribution in [2.45, 2.75) is 44.8 Å². The average Bonchev–Trinajstić information content (AvgIpc) is 2.53. The maximum atomic E-state index is 10.8. The number of nitrogens with two attached hydrogens (primary N) is 1. The lowest BCUT2D eigenvalue weighted by Crippen LogP contribution is -2.31. The quantitative estimate of drug-likeness (QED) is 0.546. The molecule has 0 spiro atoms. The van der Waals surface area contributed by atoms with Crippen LogP contribution in [0.4, 0.5) is 11.8 Å². The van der Waals surface area contributed by atoms with Gasteiger partial charge in [0, 0.05) is 17.7 Å². The molecule has 5 N–H and O–H groups in total. The smallest absolute Gasteiger partial charge is 0.328 e. The van der Waals surface area contributed by atoms with Gasteiger partial charge in [-0.3, -0.25) is 0 Å². The zero-order chi connectivity index (χ0) is 17.5. The predicted octanol–water partition coefficient (Wildman–Crippen LogP) is 1.20. The van der Waals surface area contributed by atoms with Crippen LogP contribution in [0.3, 0.4) is 0 Å². The van der Waals surface area contributed by atoms with Gasteiger partial charge in [-0.1, -0.05) is 0 Å². The largest absolute Gasteiger partial charge is 0.478 e. The fourth-order valence-electron chi connectivity index (χ4n) is 2.85. The number of aromatic nitrogens is 2. The Morgan fingerprint density at radius 3 is 2.71 bits per heavy atom. The van der Waals surface area contributed by atoms with E-state index in [1.54, 1.807) is 6.92 Å². The molecule has 1 aromatic rings. The zero-order valence-electron chi connectivity index (χ0n) is 13.7. The SMILES string of the molecule is Cc1nc(N)nc(N[C@H]2CC[C@H](OCCO)CC2)c1C=CC(=O)O. The summed E-state index contributed by atoms with van der Waals surface area (Å²) in [5, 5.41) is 21.0. The maximum Gasteiger partial charge on any atom is 0.328 e. The number of rotatable bonds is 7. The van der Waals surface area contributed by atoms with Crippen molar-refractivity contribution < 1.29 is 19.7 Å². The number of nitrogens with zero attached hydrogens (tertiary/aromatic N) is 2. The van der Waals surface area contributed by atoms with Crippen LogP contribution in [0.2, 0.25) is 0 Å². The third kappa shape index (κ3) is 5.17. The van der Waals surface area contributed by atoms with E-state index in [0.29, 0.717) is 23.7 Å². The number of aryl methyl sites for hydroxylation is 1. The van der Waals surface area contributed by atoms with Crippen LogP contribution in [0, 0.1) is 6.92 Å². The van der Waals surface area contributed by atoms with Gasteiger partial charge in [-0.05, 0) is 38.7 Å². The summed E-state index contributed by atoms with van der Waals surface area (Å²) in [6.07, 6.45) is 6.33. The molecule has 1 aliphatic carbocycles. The Hall–Kier alpha value is -2.19. The number of aliphatic hydroxyl groups is 1. The Morgan fingerprint density at radius 2 is 2.08 bits per heavy atom. The molecule has 0 saturated heterocycles. The van der Waals surface area contributed by atoms with Crippen molar-refractivity contribution in [1.82, 2.24) is 9.97 Å². The van der Waals surface area contributed by atoms with Crippen LogP contribution in [-0.2, 0) is 9.53 Å². The normalized spacial score (nSPS) is 21.1. The van der Waals surface area contributed by atoms with Gasteiger partial charge < -0.3 is 26.0 Å². The van der Waals surface area contributed by atoms with Crippen molar-refractivity contribution in [3.63, 3.8) is 0 Å². The van der Waals surface area contributed by atoms with Crippen molar-refractivity contribution in [1.29, 1.82) is 0 Å². The number of hydrogen-bond acceptors (Lipinski definition) is 7. The van der Waals surface area contributed by atoms with Gasteiger partial charge in [-0.15, -0.1) is 0 Å². The number of ether oxygens (including phenoxy) is 1. The van der Waals surface area contributed by atoms with E-state index in [1.165, 1.54) is 6.08 Å². The maximum absolute atomic E-state index is 10.8. The lowest BCUT2D eigenvalue weighted by Gasteiger charge is -2.29. The van der Waals surface area contributed by atoms with E-state index in [2.05, 4.69) is 15.3 Å². The number of anilines is 2. The molecular weight excluding hydrogens is 312 g/mol. The van der Waals surface area contributed by atoms with Crippen LogP contribution in [0.25, 0.3) is 6.08 Å². The monoisotopic (exact) mass is 336 g/mol. The molecule has 2 rings (SSSR count). The van der Waals surface area contributed by atoms with Crippen LogP contribution < -0.4 is 11.1 Å². The average molecular weight is 336 g/mol. The summed E-state index contributed by atoms with van der Waals surface area (Å²) in [4.78, 5) is 19.1. The van der Waals surface area contributed by atoms with Gasteiger partial charge in [0.05, 0.1) is 25.0 Å². The molecule has 0 atom stereocenters. The minimum Gasteiger partial charge on any atom is -0.478 e. The van der Waals surface area contributed by atoms with Crippen LogP contribution in [0.5, 0.6) is 0 Å². The van der Waals surface area contributed by atoms with E-state index in [-0.39, 0.29) is 24.7 Å². The molecule has 132 valence electrons. The lowest BCUT2D eigenvalue weighted by atomic mass is 9.93. The number of carboxylic acids is 1. The van der Waals surface area contributed by atoms with Crippen LogP contribution in [0.15, 0.2) is 6.08 Å². The summed E-state index contributed by atoms with van der Waals surface area (Å²) in [6, 6.07) is 0.213. The van der Waals surface area contributed by atoms with Crippen LogP contribution >= 0.6 is 0 Å². The second-order valence-corrected chi connectivity index (χ2v) is 5.81. The number of carboxylic acid groups (broad SMARTS) is 1. The van der Waals surface area contributed by atoms with E-state index in [9.17, 15) is 4.79 Å². The highest BCUT2D eigenvalue weighted by Gasteiger charge is 2.22. The number of nitrogen functional groups attached to an aromatic ring is 1. The highest BCUT2D eigenvalue weighted by molar-refractivity contribution is 5.87. The summed E-state index contributed by atoms with van der Waals surface area (Å²) >= 11 is 0. The van der Waals surface area contributed by atoms with Gasteiger partial charge in [0.1, 0.15) is 5.82 Å². The Morgan fingerprint density at radius 1 is 1.38 bits per heavy atom. The Labute approximate surface area is 140 Å².